The summed E-state index contributed by atoms with van der Waals surface area (Å²) in [5.41, 5.74) is 0. The van der Waals surface area contributed by atoms with Crippen LogP contribution in [0.1, 0.15) is 19.7 Å². The van der Waals surface area contributed by atoms with Crippen molar-refractivity contribution < 1.29 is 9.47 Å². The zero-order valence-electron chi connectivity index (χ0n) is 10.7. The summed E-state index contributed by atoms with van der Waals surface area (Å²) in [6, 6.07) is 0. The molecule has 0 spiro atoms. The van der Waals surface area contributed by atoms with Crippen LogP contribution in [0.5, 0.6) is 0 Å². The first-order valence-electron chi connectivity index (χ1n) is 5.84. The molecular weight excluding hydrogens is 222 g/mol. The topological polar surface area (TPSA) is 74.1 Å². The molecule has 17 heavy (non-hydrogen) atoms. The molecule has 0 amide bonds. The van der Waals surface area contributed by atoms with E-state index in [1.165, 1.54) is 0 Å². The van der Waals surface area contributed by atoms with Gasteiger partial charge in [0.25, 0.3) is 0 Å². The number of ether oxygens (including phenoxy) is 2. The maximum atomic E-state index is 5.46. The van der Waals surface area contributed by atoms with Gasteiger partial charge in [0.15, 0.2) is 5.82 Å². The van der Waals surface area contributed by atoms with Gasteiger partial charge in [0.2, 0.25) is 0 Å². The van der Waals surface area contributed by atoms with Gasteiger partial charge in [-0.2, -0.15) is 0 Å². The molecule has 0 aliphatic rings. The largest absolute Gasteiger partial charge is 0.383 e. The molecule has 0 bridgehead atoms. The number of nitrogens with zero attached hydrogens (tertiary/aromatic N) is 4. The van der Waals surface area contributed by atoms with E-state index in [1.54, 1.807) is 11.8 Å². The monoisotopic (exact) mass is 243 g/mol. The fraction of sp³-hybridized carbons (Fsp3) is 0.900. The smallest absolute Gasteiger partial charge is 0.165 e. The lowest BCUT2D eigenvalue weighted by Crippen LogP contribution is -2.24. The molecule has 0 aliphatic heterocycles. The number of hydrogen-bond acceptors (Lipinski definition) is 6. The van der Waals surface area contributed by atoms with Gasteiger partial charge in [-0.1, -0.05) is 0 Å². The lowest BCUT2D eigenvalue weighted by atomic mass is 10.4. The summed E-state index contributed by atoms with van der Waals surface area (Å²) in [6.07, 6.45) is 0.112. The Kier molecular flexibility index (Phi) is 6.68. The van der Waals surface area contributed by atoms with E-state index in [0.29, 0.717) is 26.3 Å². The quantitative estimate of drug-likeness (QED) is 0.607. The molecule has 1 aromatic rings. The minimum absolute atomic E-state index is 0.112. The Morgan fingerprint density at radius 3 is 3.00 bits per heavy atom. The first kappa shape index (κ1) is 14.0. The van der Waals surface area contributed by atoms with Gasteiger partial charge in [0, 0.05) is 20.3 Å². The Labute approximate surface area is 101 Å². The van der Waals surface area contributed by atoms with E-state index in [4.69, 9.17) is 9.47 Å². The highest BCUT2D eigenvalue weighted by atomic mass is 16.5. The van der Waals surface area contributed by atoms with Crippen LogP contribution in [0.15, 0.2) is 0 Å². The Morgan fingerprint density at radius 1 is 1.47 bits per heavy atom. The second kappa shape index (κ2) is 8.10. The van der Waals surface area contributed by atoms with Gasteiger partial charge in [-0.3, -0.25) is 0 Å². The Morgan fingerprint density at radius 2 is 2.29 bits per heavy atom. The Balaban J connectivity index is 2.37. The van der Waals surface area contributed by atoms with Crippen LogP contribution < -0.4 is 5.32 Å². The van der Waals surface area contributed by atoms with Crippen LogP contribution in [0.3, 0.4) is 0 Å². The zero-order chi connectivity index (χ0) is 12.5. The van der Waals surface area contributed by atoms with E-state index < -0.39 is 0 Å². The van der Waals surface area contributed by atoms with Crippen molar-refractivity contribution >= 4 is 0 Å². The van der Waals surface area contributed by atoms with Gasteiger partial charge in [0.05, 0.1) is 25.8 Å². The summed E-state index contributed by atoms with van der Waals surface area (Å²) in [6.45, 7) is 7.44. The first-order valence-corrected chi connectivity index (χ1v) is 5.84. The summed E-state index contributed by atoms with van der Waals surface area (Å²) in [4.78, 5) is 0. The number of rotatable bonds is 9. The van der Waals surface area contributed by atoms with Crippen LogP contribution >= 0.6 is 0 Å². The highest BCUT2D eigenvalue weighted by Crippen LogP contribution is 1.98. The van der Waals surface area contributed by atoms with Gasteiger partial charge < -0.3 is 14.8 Å². The molecule has 1 heterocycles. The third-order valence-electron chi connectivity index (χ3n) is 2.25. The van der Waals surface area contributed by atoms with Gasteiger partial charge in [-0.15, -0.1) is 5.10 Å². The Hall–Kier alpha value is -1.05. The molecule has 0 aromatic carbocycles. The molecule has 0 saturated carbocycles. The van der Waals surface area contributed by atoms with Gasteiger partial charge >= 0.3 is 0 Å². The average molecular weight is 243 g/mol. The second-order valence-electron chi connectivity index (χ2n) is 3.71. The molecule has 1 unspecified atom stereocenters. The zero-order valence-corrected chi connectivity index (χ0v) is 10.7. The van der Waals surface area contributed by atoms with Crippen LogP contribution in [0, 0.1) is 0 Å². The maximum Gasteiger partial charge on any atom is 0.165 e. The molecule has 1 aromatic heterocycles. The number of hydrogen-bond donors (Lipinski definition) is 1. The van der Waals surface area contributed by atoms with Gasteiger partial charge in [-0.25, -0.2) is 4.68 Å². The van der Waals surface area contributed by atoms with Crippen LogP contribution in [-0.4, -0.2) is 53.2 Å². The average Bonchev–Trinajstić information content (AvgIpc) is 2.72. The van der Waals surface area contributed by atoms with Crippen molar-refractivity contribution in [2.45, 2.75) is 33.0 Å². The molecule has 7 heteroatoms. The normalized spacial score (nSPS) is 12.9. The van der Waals surface area contributed by atoms with Crippen LogP contribution in [-0.2, 0) is 22.6 Å². The number of methoxy groups -OCH3 is 1. The summed E-state index contributed by atoms with van der Waals surface area (Å²) < 4.78 is 12.2. The third kappa shape index (κ3) is 5.20. The summed E-state index contributed by atoms with van der Waals surface area (Å²) in [7, 11) is 1.68. The number of nitrogens with one attached hydrogen (secondary N) is 1. The van der Waals surface area contributed by atoms with Crippen molar-refractivity contribution in [1.82, 2.24) is 25.5 Å². The lowest BCUT2D eigenvalue weighted by Gasteiger charge is -2.12. The molecular formula is C10H21N5O2. The van der Waals surface area contributed by atoms with Crippen LogP contribution in [0.4, 0.5) is 0 Å². The van der Waals surface area contributed by atoms with E-state index in [0.717, 1.165) is 12.4 Å². The van der Waals surface area contributed by atoms with Crippen molar-refractivity contribution in [2.75, 3.05) is 26.9 Å². The summed E-state index contributed by atoms with van der Waals surface area (Å²) >= 11 is 0. The maximum absolute atomic E-state index is 5.46. The highest BCUT2D eigenvalue weighted by Gasteiger charge is 2.09. The molecule has 0 aliphatic carbocycles. The van der Waals surface area contributed by atoms with Crippen LogP contribution in [0.25, 0.3) is 0 Å². The molecule has 1 atom stereocenters. The van der Waals surface area contributed by atoms with E-state index in [-0.39, 0.29) is 6.10 Å². The summed E-state index contributed by atoms with van der Waals surface area (Å²) in [5, 5.41) is 14.8. The molecule has 0 radical (unpaired) electrons. The first-order chi connectivity index (χ1) is 8.27. The van der Waals surface area contributed by atoms with Gasteiger partial charge in [0.1, 0.15) is 0 Å². The van der Waals surface area contributed by atoms with Crippen LogP contribution in [0.2, 0.25) is 0 Å². The van der Waals surface area contributed by atoms with Crippen molar-refractivity contribution in [3.05, 3.63) is 5.82 Å². The number of aromatic nitrogens is 4. The van der Waals surface area contributed by atoms with Gasteiger partial charge in [-0.05, 0) is 24.3 Å². The van der Waals surface area contributed by atoms with E-state index in [1.807, 2.05) is 13.8 Å². The van der Waals surface area contributed by atoms with Crippen molar-refractivity contribution in [3.8, 4) is 0 Å². The van der Waals surface area contributed by atoms with Crippen molar-refractivity contribution in [2.24, 2.45) is 0 Å². The lowest BCUT2D eigenvalue weighted by molar-refractivity contribution is 0.0602. The van der Waals surface area contributed by atoms with Crippen molar-refractivity contribution in [3.63, 3.8) is 0 Å². The molecule has 0 saturated heterocycles. The Bertz CT molecular complexity index is 305. The minimum Gasteiger partial charge on any atom is -0.383 e. The molecule has 98 valence electrons. The molecule has 1 N–H and O–H groups in total. The third-order valence-corrected chi connectivity index (χ3v) is 2.25. The van der Waals surface area contributed by atoms with E-state index >= 15 is 0 Å². The van der Waals surface area contributed by atoms with E-state index in [2.05, 4.69) is 20.8 Å². The predicted octanol–water partition coefficient (Wildman–Crippen LogP) is -0.166. The summed E-state index contributed by atoms with van der Waals surface area (Å²) in [5.74, 6) is 0.813. The fourth-order valence-corrected chi connectivity index (χ4v) is 1.45. The highest BCUT2D eigenvalue weighted by molar-refractivity contribution is 4.80. The number of tetrazole rings is 1. The fourth-order valence-electron chi connectivity index (χ4n) is 1.45. The standard InChI is InChI=1S/C10H21N5O2/c1-4-17-9(2)8-15-10(12-13-14-15)7-11-5-6-16-3/h9,11H,4-8H2,1-3H3. The second-order valence-corrected chi connectivity index (χ2v) is 3.71. The minimum atomic E-state index is 0.112. The molecule has 7 nitrogen and oxygen atoms in total. The molecule has 0 fully saturated rings. The van der Waals surface area contributed by atoms with Crippen molar-refractivity contribution in [1.29, 1.82) is 0 Å². The predicted molar refractivity (Wildman–Crippen MR) is 62.5 cm³/mol. The van der Waals surface area contributed by atoms with E-state index in [9.17, 15) is 0 Å². The SMILES string of the molecule is CCOC(C)Cn1nnnc1CNCCOC. The molecule has 1 rings (SSSR count).